The number of anilines is 1. The summed E-state index contributed by atoms with van der Waals surface area (Å²) < 4.78 is 0. The van der Waals surface area contributed by atoms with Crippen molar-refractivity contribution in [3.05, 3.63) is 63.8 Å². The average molecular weight is 328 g/mol. The normalized spacial score (nSPS) is 11.6. The molecular formula is C17H20N4O3. The molecule has 0 aliphatic heterocycles. The number of rotatable bonds is 6. The Bertz CT molecular complexity index is 732. The zero-order valence-electron chi connectivity index (χ0n) is 13.9. The number of hydrogen-bond acceptors (Lipinski definition) is 5. The first-order chi connectivity index (χ1) is 11.4. The number of pyridine rings is 1. The number of hydrogen-bond donors (Lipinski definition) is 1. The fraction of sp³-hybridized carbons (Fsp3) is 0.294. The van der Waals surface area contributed by atoms with E-state index in [1.165, 1.54) is 11.0 Å². The van der Waals surface area contributed by atoms with Crippen molar-refractivity contribution >= 4 is 17.4 Å². The number of amides is 1. The van der Waals surface area contributed by atoms with Gasteiger partial charge in [0.05, 0.1) is 17.4 Å². The molecule has 1 N–H and O–H groups in total. The first-order valence-corrected chi connectivity index (χ1v) is 7.52. The largest absolute Gasteiger partial charge is 0.363 e. The third kappa shape index (κ3) is 4.28. The zero-order valence-corrected chi connectivity index (χ0v) is 13.9. The molecule has 0 spiro atoms. The Morgan fingerprint density at radius 2 is 1.92 bits per heavy atom. The number of aryl methyl sites for hydroxylation is 1. The molecule has 7 nitrogen and oxygen atoms in total. The predicted octanol–water partition coefficient (Wildman–Crippen LogP) is 2.93. The lowest BCUT2D eigenvalue weighted by Crippen LogP contribution is -2.26. The second kappa shape index (κ2) is 7.54. The van der Waals surface area contributed by atoms with Crippen LogP contribution in [0.2, 0.25) is 0 Å². The van der Waals surface area contributed by atoms with E-state index in [-0.39, 0.29) is 24.1 Å². The lowest BCUT2D eigenvalue weighted by Gasteiger charge is -2.21. The summed E-state index contributed by atoms with van der Waals surface area (Å²) in [7, 11) is 3.41. The third-order valence-electron chi connectivity index (χ3n) is 3.66. The summed E-state index contributed by atoms with van der Waals surface area (Å²) in [6, 6.07) is 12.3. The standard InChI is InChI=1S/C17H20N4O3/c1-12-15(21(23)24)9-10-16(18-12)19-14(11-17(22)20(2)3)13-7-5-4-6-8-13/h4-10,14H,11H2,1-3H3,(H,18,19). The van der Waals surface area contributed by atoms with Gasteiger partial charge in [0.25, 0.3) is 5.69 Å². The molecule has 0 aliphatic rings. The minimum absolute atomic E-state index is 0.0185. The van der Waals surface area contributed by atoms with Crippen molar-refractivity contribution in [2.45, 2.75) is 19.4 Å². The van der Waals surface area contributed by atoms with Crippen molar-refractivity contribution < 1.29 is 9.72 Å². The van der Waals surface area contributed by atoms with E-state index in [9.17, 15) is 14.9 Å². The minimum Gasteiger partial charge on any atom is -0.363 e. The van der Waals surface area contributed by atoms with Gasteiger partial charge in [-0.05, 0) is 18.6 Å². The Kier molecular flexibility index (Phi) is 5.47. The molecule has 0 saturated carbocycles. The van der Waals surface area contributed by atoms with Gasteiger partial charge in [-0.15, -0.1) is 0 Å². The fourth-order valence-corrected chi connectivity index (χ4v) is 2.30. The maximum absolute atomic E-state index is 12.1. The highest BCUT2D eigenvalue weighted by atomic mass is 16.6. The van der Waals surface area contributed by atoms with E-state index < -0.39 is 4.92 Å². The van der Waals surface area contributed by atoms with Gasteiger partial charge in [-0.1, -0.05) is 30.3 Å². The summed E-state index contributed by atoms with van der Waals surface area (Å²) in [6.07, 6.45) is 0.259. The molecule has 1 amide bonds. The van der Waals surface area contributed by atoms with Gasteiger partial charge in [-0.25, -0.2) is 4.98 Å². The maximum atomic E-state index is 12.1. The number of benzene rings is 1. The molecule has 126 valence electrons. The smallest absolute Gasteiger partial charge is 0.290 e. The van der Waals surface area contributed by atoms with Crippen molar-refractivity contribution in [1.82, 2.24) is 9.88 Å². The summed E-state index contributed by atoms with van der Waals surface area (Å²) in [5, 5.41) is 14.1. The summed E-state index contributed by atoms with van der Waals surface area (Å²) in [5.74, 6) is 0.480. The molecule has 7 heteroatoms. The Morgan fingerprint density at radius 3 is 2.46 bits per heavy atom. The van der Waals surface area contributed by atoms with Gasteiger partial charge in [-0.3, -0.25) is 14.9 Å². The first-order valence-electron chi connectivity index (χ1n) is 7.52. The molecule has 0 fully saturated rings. The van der Waals surface area contributed by atoms with Gasteiger partial charge in [0.1, 0.15) is 11.5 Å². The maximum Gasteiger partial charge on any atom is 0.290 e. The number of aromatic nitrogens is 1. The van der Waals surface area contributed by atoms with Crippen molar-refractivity contribution in [2.24, 2.45) is 0 Å². The predicted molar refractivity (Wildman–Crippen MR) is 91.7 cm³/mol. The molecule has 2 rings (SSSR count). The van der Waals surface area contributed by atoms with Gasteiger partial charge in [0, 0.05) is 20.2 Å². The molecule has 0 saturated heterocycles. The van der Waals surface area contributed by atoms with Crippen molar-refractivity contribution in [1.29, 1.82) is 0 Å². The van der Waals surface area contributed by atoms with Gasteiger partial charge in [-0.2, -0.15) is 0 Å². The van der Waals surface area contributed by atoms with Gasteiger partial charge < -0.3 is 10.2 Å². The number of nitrogens with one attached hydrogen (secondary N) is 1. The summed E-state index contributed by atoms with van der Waals surface area (Å²) in [5.41, 5.74) is 1.25. The Hall–Kier alpha value is -2.96. The molecule has 0 radical (unpaired) electrons. The van der Waals surface area contributed by atoms with Crippen molar-refractivity contribution in [2.75, 3.05) is 19.4 Å². The van der Waals surface area contributed by atoms with Crippen LogP contribution in [0.1, 0.15) is 23.7 Å². The van der Waals surface area contributed by atoms with Crippen LogP contribution in [0, 0.1) is 17.0 Å². The van der Waals surface area contributed by atoms with E-state index in [0.29, 0.717) is 11.5 Å². The topological polar surface area (TPSA) is 88.4 Å². The monoisotopic (exact) mass is 328 g/mol. The van der Waals surface area contributed by atoms with Crippen molar-refractivity contribution in [3.63, 3.8) is 0 Å². The fourth-order valence-electron chi connectivity index (χ4n) is 2.30. The number of carbonyl (C=O) groups is 1. The zero-order chi connectivity index (χ0) is 17.7. The Labute approximate surface area is 140 Å². The minimum atomic E-state index is -0.462. The van der Waals surface area contributed by atoms with Crippen LogP contribution in [0.3, 0.4) is 0 Å². The van der Waals surface area contributed by atoms with Crippen molar-refractivity contribution in [3.8, 4) is 0 Å². The van der Waals surface area contributed by atoms with Crippen LogP contribution in [-0.4, -0.2) is 34.8 Å². The third-order valence-corrected chi connectivity index (χ3v) is 3.66. The lowest BCUT2D eigenvalue weighted by atomic mass is 10.0. The molecule has 2 aromatic rings. The van der Waals surface area contributed by atoms with Gasteiger partial charge >= 0.3 is 0 Å². The van der Waals surface area contributed by atoms with Crippen LogP contribution in [-0.2, 0) is 4.79 Å². The van der Waals surface area contributed by atoms with E-state index in [2.05, 4.69) is 10.3 Å². The molecule has 1 unspecified atom stereocenters. The Balaban J connectivity index is 2.26. The molecular weight excluding hydrogens is 308 g/mol. The molecule has 1 aromatic carbocycles. The number of nitrogens with zero attached hydrogens (tertiary/aromatic N) is 3. The quantitative estimate of drug-likeness (QED) is 0.650. The molecule has 24 heavy (non-hydrogen) atoms. The second-order valence-electron chi connectivity index (χ2n) is 5.66. The van der Waals surface area contributed by atoms with Gasteiger partial charge in [0.2, 0.25) is 5.91 Å². The van der Waals surface area contributed by atoms with Crippen LogP contribution in [0.5, 0.6) is 0 Å². The van der Waals surface area contributed by atoms with Crippen LogP contribution in [0.25, 0.3) is 0 Å². The van der Waals surface area contributed by atoms with E-state index in [0.717, 1.165) is 5.56 Å². The molecule has 0 bridgehead atoms. The second-order valence-corrected chi connectivity index (χ2v) is 5.66. The van der Waals surface area contributed by atoms with Crippen LogP contribution in [0.4, 0.5) is 11.5 Å². The molecule has 1 atom stereocenters. The summed E-state index contributed by atoms with van der Waals surface area (Å²) >= 11 is 0. The number of carbonyl (C=O) groups excluding carboxylic acids is 1. The Morgan fingerprint density at radius 1 is 1.25 bits per heavy atom. The summed E-state index contributed by atoms with van der Waals surface area (Å²) in [6.45, 7) is 1.59. The first kappa shape index (κ1) is 17.4. The highest BCUT2D eigenvalue weighted by Crippen LogP contribution is 2.24. The van der Waals surface area contributed by atoms with E-state index in [4.69, 9.17) is 0 Å². The van der Waals surface area contributed by atoms with Crippen LogP contribution in [0.15, 0.2) is 42.5 Å². The number of nitro groups is 1. The molecule has 0 aliphatic carbocycles. The van der Waals surface area contributed by atoms with E-state index >= 15 is 0 Å². The lowest BCUT2D eigenvalue weighted by molar-refractivity contribution is -0.385. The van der Waals surface area contributed by atoms with E-state index in [1.807, 2.05) is 30.3 Å². The van der Waals surface area contributed by atoms with Crippen LogP contribution < -0.4 is 5.32 Å². The molecule has 1 heterocycles. The molecule has 1 aromatic heterocycles. The average Bonchev–Trinajstić information content (AvgIpc) is 2.54. The van der Waals surface area contributed by atoms with Gasteiger partial charge in [0.15, 0.2) is 0 Å². The summed E-state index contributed by atoms with van der Waals surface area (Å²) in [4.78, 5) is 28.3. The van der Waals surface area contributed by atoms with Crippen LogP contribution >= 0.6 is 0 Å². The highest BCUT2D eigenvalue weighted by Gasteiger charge is 2.19. The highest BCUT2D eigenvalue weighted by molar-refractivity contribution is 5.77. The van der Waals surface area contributed by atoms with E-state index in [1.54, 1.807) is 27.1 Å². The SMILES string of the molecule is Cc1nc(NC(CC(=O)N(C)C)c2ccccc2)ccc1[N+](=O)[O-].